The number of rotatable bonds is 7. The SMILES string of the molecule is CCN1CCN(Cc2cc(CNCC(C)C)oc2C)CC1. The van der Waals surface area contributed by atoms with Crippen LogP contribution in [0.1, 0.15) is 37.9 Å². The van der Waals surface area contributed by atoms with Gasteiger partial charge >= 0.3 is 0 Å². The lowest BCUT2D eigenvalue weighted by molar-refractivity contribution is 0.131. The predicted molar refractivity (Wildman–Crippen MR) is 87.4 cm³/mol. The van der Waals surface area contributed by atoms with Crippen molar-refractivity contribution in [1.82, 2.24) is 15.1 Å². The molecule has 0 unspecified atom stereocenters. The van der Waals surface area contributed by atoms with Gasteiger partial charge in [-0.2, -0.15) is 0 Å². The van der Waals surface area contributed by atoms with Gasteiger partial charge in [0.1, 0.15) is 11.5 Å². The summed E-state index contributed by atoms with van der Waals surface area (Å²) in [7, 11) is 0. The van der Waals surface area contributed by atoms with Gasteiger partial charge in [0.2, 0.25) is 0 Å². The Balaban J connectivity index is 1.82. The lowest BCUT2D eigenvalue weighted by Crippen LogP contribution is -2.45. The second kappa shape index (κ2) is 7.97. The summed E-state index contributed by atoms with van der Waals surface area (Å²) in [6.07, 6.45) is 0. The summed E-state index contributed by atoms with van der Waals surface area (Å²) in [6.45, 7) is 17.6. The molecule has 4 heteroatoms. The minimum Gasteiger partial charge on any atom is -0.465 e. The van der Waals surface area contributed by atoms with E-state index in [1.807, 2.05) is 0 Å². The summed E-state index contributed by atoms with van der Waals surface area (Å²) in [6, 6.07) is 2.23. The number of hydrogen-bond donors (Lipinski definition) is 1. The summed E-state index contributed by atoms with van der Waals surface area (Å²) in [4.78, 5) is 5.05. The van der Waals surface area contributed by atoms with E-state index in [0.717, 1.165) is 31.2 Å². The number of piperazine rings is 1. The molecule has 4 nitrogen and oxygen atoms in total. The summed E-state index contributed by atoms with van der Waals surface area (Å²) in [5.41, 5.74) is 1.35. The Morgan fingerprint density at radius 3 is 2.48 bits per heavy atom. The molecular formula is C17H31N3O. The molecule has 2 heterocycles. The normalized spacial score (nSPS) is 17.8. The maximum Gasteiger partial charge on any atom is 0.118 e. The van der Waals surface area contributed by atoms with Crippen LogP contribution < -0.4 is 5.32 Å². The van der Waals surface area contributed by atoms with Gasteiger partial charge in [-0.15, -0.1) is 0 Å². The smallest absolute Gasteiger partial charge is 0.118 e. The van der Waals surface area contributed by atoms with Crippen molar-refractivity contribution in [1.29, 1.82) is 0 Å². The fourth-order valence-corrected chi connectivity index (χ4v) is 2.82. The third kappa shape index (κ3) is 5.13. The molecule has 1 aliphatic heterocycles. The van der Waals surface area contributed by atoms with E-state index >= 15 is 0 Å². The standard InChI is InChI=1S/C17H31N3O/c1-5-19-6-8-20(9-7-19)13-16-10-17(21-15(16)4)12-18-11-14(2)3/h10,14,18H,5-9,11-13H2,1-4H3. The molecule has 1 aliphatic rings. The first kappa shape index (κ1) is 16.5. The highest BCUT2D eigenvalue weighted by Crippen LogP contribution is 2.17. The van der Waals surface area contributed by atoms with Crippen molar-refractivity contribution in [2.45, 2.75) is 40.8 Å². The van der Waals surface area contributed by atoms with Crippen LogP contribution in [0.2, 0.25) is 0 Å². The van der Waals surface area contributed by atoms with Crippen LogP contribution in [0.25, 0.3) is 0 Å². The Labute approximate surface area is 129 Å². The largest absolute Gasteiger partial charge is 0.465 e. The van der Waals surface area contributed by atoms with E-state index < -0.39 is 0 Å². The molecule has 1 saturated heterocycles. The van der Waals surface area contributed by atoms with Crippen LogP contribution in [0, 0.1) is 12.8 Å². The number of aryl methyl sites for hydroxylation is 1. The van der Waals surface area contributed by atoms with E-state index in [1.165, 1.54) is 38.3 Å². The van der Waals surface area contributed by atoms with Crippen LogP contribution in [0.4, 0.5) is 0 Å². The van der Waals surface area contributed by atoms with Crippen molar-refractivity contribution in [3.8, 4) is 0 Å². The number of nitrogens with zero attached hydrogens (tertiary/aromatic N) is 2. The average Bonchev–Trinajstić information content (AvgIpc) is 2.79. The minimum atomic E-state index is 0.676. The molecule has 0 aliphatic carbocycles. The second-order valence-electron chi connectivity index (χ2n) is 6.53. The number of nitrogens with one attached hydrogen (secondary N) is 1. The summed E-state index contributed by atoms with van der Waals surface area (Å²) < 4.78 is 5.88. The highest BCUT2D eigenvalue weighted by molar-refractivity contribution is 5.20. The average molecular weight is 293 g/mol. The van der Waals surface area contributed by atoms with E-state index in [2.05, 4.69) is 48.9 Å². The quantitative estimate of drug-likeness (QED) is 0.837. The van der Waals surface area contributed by atoms with Gasteiger partial charge in [0.05, 0.1) is 6.54 Å². The molecule has 0 aromatic carbocycles. The molecule has 1 aromatic rings. The zero-order valence-electron chi connectivity index (χ0n) is 14.1. The highest BCUT2D eigenvalue weighted by atomic mass is 16.3. The molecule has 0 radical (unpaired) electrons. The lowest BCUT2D eigenvalue weighted by atomic mass is 10.2. The van der Waals surface area contributed by atoms with Gasteiger partial charge in [-0.3, -0.25) is 4.90 Å². The molecular weight excluding hydrogens is 262 g/mol. The zero-order chi connectivity index (χ0) is 15.2. The van der Waals surface area contributed by atoms with Gasteiger partial charge < -0.3 is 14.6 Å². The number of hydrogen-bond acceptors (Lipinski definition) is 4. The fourth-order valence-electron chi connectivity index (χ4n) is 2.82. The van der Waals surface area contributed by atoms with E-state index in [1.54, 1.807) is 0 Å². The Morgan fingerprint density at radius 2 is 1.86 bits per heavy atom. The summed E-state index contributed by atoms with van der Waals surface area (Å²) in [5, 5.41) is 3.44. The monoisotopic (exact) mass is 293 g/mol. The first-order valence-electron chi connectivity index (χ1n) is 8.32. The van der Waals surface area contributed by atoms with Crippen molar-refractivity contribution < 1.29 is 4.42 Å². The molecule has 0 bridgehead atoms. The Bertz CT molecular complexity index is 420. The zero-order valence-corrected chi connectivity index (χ0v) is 14.1. The van der Waals surface area contributed by atoms with Crippen LogP contribution in [-0.2, 0) is 13.1 Å². The molecule has 0 amide bonds. The second-order valence-corrected chi connectivity index (χ2v) is 6.53. The molecule has 0 atom stereocenters. The van der Waals surface area contributed by atoms with Crippen molar-refractivity contribution >= 4 is 0 Å². The molecule has 0 spiro atoms. The Kier molecular flexibility index (Phi) is 6.27. The van der Waals surface area contributed by atoms with Crippen LogP contribution >= 0.6 is 0 Å². The van der Waals surface area contributed by atoms with Crippen molar-refractivity contribution in [3.05, 3.63) is 23.2 Å². The third-order valence-electron chi connectivity index (χ3n) is 4.23. The van der Waals surface area contributed by atoms with E-state index in [9.17, 15) is 0 Å². The fraction of sp³-hybridized carbons (Fsp3) is 0.765. The molecule has 120 valence electrons. The maximum absolute atomic E-state index is 5.88. The van der Waals surface area contributed by atoms with E-state index in [0.29, 0.717) is 5.92 Å². The van der Waals surface area contributed by atoms with Crippen LogP contribution in [0.3, 0.4) is 0 Å². The summed E-state index contributed by atoms with van der Waals surface area (Å²) >= 11 is 0. The topological polar surface area (TPSA) is 31.6 Å². The molecule has 0 saturated carbocycles. The molecule has 1 aromatic heterocycles. The van der Waals surface area contributed by atoms with Crippen LogP contribution in [0.15, 0.2) is 10.5 Å². The third-order valence-corrected chi connectivity index (χ3v) is 4.23. The van der Waals surface area contributed by atoms with Gasteiger partial charge in [0.15, 0.2) is 0 Å². The van der Waals surface area contributed by atoms with Gasteiger partial charge in [-0.05, 0) is 32.0 Å². The minimum absolute atomic E-state index is 0.676. The first-order chi connectivity index (χ1) is 10.1. The van der Waals surface area contributed by atoms with Crippen molar-refractivity contribution in [3.63, 3.8) is 0 Å². The Hall–Kier alpha value is -0.840. The molecule has 1 fully saturated rings. The lowest BCUT2D eigenvalue weighted by Gasteiger charge is -2.33. The molecule has 21 heavy (non-hydrogen) atoms. The molecule has 1 N–H and O–H groups in total. The van der Waals surface area contributed by atoms with Crippen LogP contribution in [-0.4, -0.2) is 49.1 Å². The Morgan fingerprint density at radius 1 is 1.19 bits per heavy atom. The van der Waals surface area contributed by atoms with E-state index in [4.69, 9.17) is 4.42 Å². The number of furan rings is 1. The highest BCUT2D eigenvalue weighted by Gasteiger charge is 2.17. The molecule has 2 rings (SSSR count). The predicted octanol–water partition coefficient (Wildman–Crippen LogP) is 2.47. The maximum atomic E-state index is 5.88. The summed E-state index contributed by atoms with van der Waals surface area (Å²) in [5.74, 6) is 2.82. The van der Waals surface area contributed by atoms with Gasteiger partial charge in [0.25, 0.3) is 0 Å². The van der Waals surface area contributed by atoms with Gasteiger partial charge in [0, 0.05) is 38.3 Å². The van der Waals surface area contributed by atoms with Gasteiger partial charge in [-0.25, -0.2) is 0 Å². The van der Waals surface area contributed by atoms with E-state index in [-0.39, 0.29) is 0 Å². The first-order valence-corrected chi connectivity index (χ1v) is 8.32. The number of likely N-dealkylation sites (N-methyl/N-ethyl adjacent to an activating group) is 1. The van der Waals surface area contributed by atoms with Crippen molar-refractivity contribution in [2.75, 3.05) is 39.3 Å². The van der Waals surface area contributed by atoms with Crippen LogP contribution in [0.5, 0.6) is 0 Å². The van der Waals surface area contributed by atoms with Gasteiger partial charge in [-0.1, -0.05) is 20.8 Å². The van der Waals surface area contributed by atoms with Crippen molar-refractivity contribution in [2.24, 2.45) is 5.92 Å².